The summed E-state index contributed by atoms with van der Waals surface area (Å²) in [5.41, 5.74) is 8.05. The van der Waals surface area contributed by atoms with Crippen LogP contribution in [0.3, 0.4) is 0 Å². The molecule has 0 saturated heterocycles. The minimum absolute atomic E-state index is 1.31. The number of hydrogen-bond acceptors (Lipinski definition) is 0. The first kappa shape index (κ1) is 8.12. The van der Waals surface area contributed by atoms with E-state index in [1.54, 1.807) is 0 Å². The highest BCUT2D eigenvalue weighted by Gasteiger charge is 2.09. The average Bonchev–Trinajstić information content (AvgIpc) is 2.22. The minimum atomic E-state index is 1.31. The van der Waals surface area contributed by atoms with Gasteiger partial charge in [-0.05, 0) is 45.5 Å². The fourth-order valence-corrected chi connectivity index (χ4v) is 2.27. The molecule has 0 aromatic heterocycles. The van der Waals surface area contributed by atoms with Crippen molar-refractivity contribution in [3.63, 3.8) is 0 Å². The van der Waals surface area contributed by atoms with Crippen LogP contribution in [0.25, 0.3) is 35.4 Å². The third-order valence-corrected chi connectivity index (χ3v) is 3.39. The molecule has 0 N–H and O–H groups in total. The van der Waals surface area contributed by atoms with E-state index in [4.69, 9.17) is 0 Å². The summed E-state index contributed by atoms with van der Waals surface area (Å²) in [7, 11) is 0. The van der Waals surface area contributed by atoms with Crippen molar-refractivity contribution in [1.82, 2.24) is 0 Å². The van der Waals surface area contributed by atoms with Crippen molar-refractivity contribution in [2.24, 2.45) is 0 Å². The van der Waals surface area contributed by atoms with E-state index in [2.05, 4.69) is 60.7 Å². The van der Waals surface area contributed by atoms with Crippen LogP contribution in [0.1, 0.15) is 22.3 Å². The lowest BCUT2D eigenvalue weighted by Crippen LogP contribution is -1.92. The Hall–Kier alpha value is -2.08. The van der Waals surface area contributed by atoms with E-state index in [0.717, 1.165) is 0 Å². The Morgan fingerprint density at radius 3 is 1.19 bits per heavy atom. The monoisotopic (exact) mass is 202 g/mol. The quantitative estimate of drug-likeness (QED) is 0.431. The third kappa shape index (κ3) is 0.989. The predicted octanol–water partition coefficient (Wildman–Crippen LogP) is 4.32. The molecule has 0 atom stereocenters. The zero-order chi connectivity index (χ0) is 10.5. The highest BCUT2D eigenvalue weighted by molar-refractivity contribution is 5.90. The van der Waals surface area contributed by atoms with Crippen molar-refractivity contribution in [2.45, 2.75) is 0 Å². The lowest BCUT2D eigenvalue weighted by molar-refractivity contribution is 1.52. The van der Waals surface area contributed by atoms with Crippen LogP contribution in [-0.4, -0.2) is 0 Å². The van der Waals surface area contributed by atoms with Gasteiger partial charge in [-0.2, -0.15) is 0 Å². The van der Waals surface area contributed by atoms with Crippen LogP contribution in [0.15, 0.2) is 36.4 Å². The zero-order valence-electron chi connectivity index (χ0n) is 8.77. The van der Waals surface area contributed by atoms with Crippen LogP contribution in [0.4, 0.5) is 0 Å². The third-order valence-electron chi connectivity index (χ3n) is 3.39. The molecule has 0 fully saturated rings. The van der Waals surface area contributed by atoms with Gasteiger partial charge in [-0.1, -0.05) is 48.6 Å². The molecule has 0 heterocycles. The highest BCUT2D eigenvalue weighted by Crippen LogP contribution is 2.32. The fourth-order valence-electron chi connectivity index (χ4n) is 2.27. The van der Waals surface area contributed by atoms with Gasteiger partial charge in [0.2, 0.25) is 0 Å². The van der Waals surface area contributed by atoms with Crippen LogP contribution in [0.5, 0.6) is 0 Å². The summed E-state index contributed by atoms with van der Waals surface area (Å²) >= 11 is 0. The fraction of sp³-hybridized carbons (Fsp3) is 0. The van der Waals surface area contributed by atoms with Gasteiger partial charge in [0.25, 0.3) is 0 Å². The summed E-state index contributed by atoms with van der Waals surface area (Å²) in [6, 6.07) is 13.3. The first-order valence-corrected chi connectivity index (χ1v) is 5.55. The molecule has 0 spiro atoms. The second kappa shape index (κ2) is 2.73. The number of hydrogen-bond donors (Lipinski definition) is 0. The summed E-state index contributed by atoms with van der Waals surface area (Å²) in [6.45, 7) is 0. The molecule has 2 aliphatic rings. The molecule has 0 amide bonds. The molecule has 0 unspecified atom stereocenters. The standard InChI is InChI=1S/C16H10/c1-5-13-9-15(7-3-11(1)13)16-8-4-12-2-6-14(12)10-16/h1-10H. The molecule has 0 bridgehead atoms. The Morgan fingerprint density at radius 1 is 0.438 bits per heavy atom. The Kier molecular flexibility index (Phi) is 1.39. The van der Waals surface area contributed by atoms with Crippen molar-refractivity contribution in [1.29, 1.82) is 0 Å². The van der Waals surface area contributed by atoms with Gasteiger partial charge < -0.3 is 0 Å². The van der Waals surface area contributed by atoms with Gasteiger partial charge in [0, 0.05) is 0 Å². The second-order valence-electron chi connectivity index (χ2n) is 4.35. The second-order valence-corrected chi connectivity index (χ2v) is 4.35. The van der Waals surface area contributed by atoms with E-state index in [-0.39, 0.29) is 0 Å². The highest BCUT2D eigenvalue weighted by atomic mass is 14.1. The Morgan fingerprint density at radius 2 is 0.875 bits per heavy atom. The molecule has 0 nitrogen and oxygen atoms in total. The first-order valence-electron chi connectivity index (χ1n) is 5.55. The molecule has 0 heteroatoms. The van der Waals surface area contributed by atoms with Gasteiger partial charge >= 0.3 is 0 Å². The van der Waals surface area contributed by atoms with Crippen LogP contribution in [0.2, 0.25) is 0 Å². The summed E-state index contributed by atoms with van der Waals surface area (Å²) in [5, 5.41) is 0. The molecule has 2 aromatic rings. The van der Waals surface area contributed by atoms with Crippen LogP contribution >= 0.6 is 0 Å². The molecule has 4 rings (SSSR count). The molecular weight excluding hydrogens is 192 g/mol. The summed E-state index contributed by atoms with van der Waals surface area (Å²) in [6.07, 6.45) is 8.64. The smallest absolute Gasteiger partial charge is 0.0177 e. The van der Waals surface area contributed by atoms with Gasteiger partial charge in [0.1, 0.15) is 0 Å². The molecule has 74 valence electrons. The molecule has 0 radical (unpaired) electrons. The molecule has 2 aliphatic carbocycles. The normalized spacial score (nSPS) is 13.8. The van der Waals surface area contributed by atoms with Crippen LogP contribution in [0, 0.1) is 0 Å². The topological polar surface area (TPSA) is 0 Å². The Balaban J connectivity index is 1.85. The minimum Gasteiger partial charge on any atom is -0.0538 e. The molecule has 2 aromatic carbocycles. The van der Waals surface area contributed by atoms with Crippen molar-refractivity contribution in [3.05, 3.63) is 58.7 Å². The van der Waals surface area contributed by atoms with E-state index in [1.165, 1.54) is 33.4 Å². The lowest BCUT2D eigenvalue weighted by Gasteiger charge is -2.15. The summed E-state index contributed by atoms with van der Waals surface area (Å²) in [5.74, 6) is 0. The van der Waals surface area contributed by atoms with Gasteiger partial charge in [-0.15, -0.1) is 0 Å². The van der Waals surface area contributed by atoms with Gasteiger partial charge in [0.15, 0.2) is 0 Å². The first-order chi connectivity index (χ1) is 7.90. The lowest BCUT2D eigenvalue weighted by atomic mass is 9.90. The zero-order valence-corrected chi connectivity index (χ0v) is 8.77. The number of benzene rings is 2. The van der Waals surface area contributed by atoms with E-state index < -0.39 is 0 Å². The maximum absolute atomic E-state index is 2.26. The van der Waals surface area contributed by atoms with Gasteiger partial charge in [0.05, 0.1) is 0 Å². The maximum atomic E-state index is 2.26. The van der Waals surface area contributed by atoms with Gasteiger partial charge in [-0.25, -0.2) is 0 Å². The van der Waals surface area contributed by atoms with E-state index >= 15 is 0 Å². The van der Waals surface area contributed by atoms with Crippen LogP contribution < -0.4 is 0 Å². The Labute approximate surface area is 94.6 Å². The van der Waals surface area contributed by atoms with Crippen molar-refractivity contribution < 1.29 is 0 Å². The largest absolute Gasteiger partial charge is 0.0538 e. The van der Waals surface area contributed by atoms with Crippen molar-refractivity contribution in [2.75, 3.05) is 0 Å². The van der Waals surface area contributed by atoms with Crippen LogP contribution in [-0.2, 0) is 0 Å². The van der Waals surface area contributed by atoms with Crippen molar-refractivity contribution in [3.8, 4) is 11.1 Å². The molecule has 0 saturated carbocycles. The average molecular weight is 202 g/mol. The maximum Gasteiger partial charge on any atom is -0.0177 e. The van der Waals surface area contributed by atoms with E-state index in [9.17, 15) is 0 Å². The molecular formula is C16H10. The van der Waals surface area contributed by atoms with E-state index in [0.29, 0.717) is 0 Å². The number of fused-ring (bicyclic) bond motifs is 2. The Bertz CT molecular complexity index is 598. The van der Waals surface area contributed by atoms with Gasteiger partial charge in [-0.3, -0.25) is 0 Å². The molecule has 0 aliphatic heterocycles. The van der Waals surface area contributed by atoms with Crippen molar-refractivity contribution >= 4 is 24.3 Å². The molecule has 16 heavy (non-hydrogen) atoms. The SMILES string of the molecule is C1=Cc2cc(-c3ccc4c(c3)C=C4)ccc21. The summed E-state index contributed by atoms with van der Waals surface area (Å²) < 4.78 is 0. The predicted molar refractivity (Wildman–Crippen MR) is 69.7 cm³/mol. The summed E-state index contributed by atoms with van der Waals surface area (Å²) in [4.78, 5) is 0. The van der Waals surface area contributed by atoms with E-state index in [1.807, 2.05) is 0 Å². The number of rotatable bonds is 1.